The third-order valence-corrected chi connectivity index (χ3v) is 2.91. The lowest BCUT2D eigenvalue weighted by Gasteiger charge is -2.27. The van der Waals surface area contributed by atoms with Crippen molar-refractivity contribution in [2.24, 2.45) is 0 Å². The minimum atomic E-state index is 0.508. The fourth-order valence-corrected chi connectivity index (χ4v) is 2.04. The quantitative estimate of drug-likeness (QED) is 0.647. The van der Waals surface area contributed by atoms with Crippen molar-refractivity contribution in [2.75, 3.05) is 19.7 Å². The Bertz CT molecular complexity index is 336. The topological polar surface area (TPSA) is 28.7 Å². The average molecular weight is 190 g/mol. The summed E-state index contributed by atoms with van der Waals surface area (Å²) in [5, 5.41) is 0. The van der Waals surface area contributed by atoms with E-state index in [0.29, 0.717) is 6.10 Å². The minimum Gasteiger partial charge on any atom is -0.372 e. The lowest BCUT2D eigenvalue weighted by atomic mass is 10.1. The molecule has 1 aromatic rings. The first-order valence-corrected chi connectivity index (χ1v) is 5.18. The number of aromatic nitrogens is 1. The molecule has 0 N–H and O–H groups in total. The molecule has 1 aromatic heterocycles. The summed E-state index contributed by atoms with van der Waals surface area (Å²) in [6.45, 7) is 4.22. The second-order valence-electron chi connectivity index (χ2n) is 4.05. The zero-order valence-electron chi connectivity index (χ0n) is 8.15. The number of ether oxygens (including phenoxy) is 1. The largest absolute Gasteiger partial charge is 0.372 e. The van der Waals surface area contributed by atoms with Crippen LogP contribution in [0, 0.1) is 0 Å². The fourth-order valence-electron chi connectivity index (χ4n) is 2.04. The van der Waals surface area contributed by atoms with Gasteiger partial charge in [0.15, 0.2) is 0 Å². The maximum absolute atomic E-state index is 5.24. The Morgan fingerprint density at radius 2 is 2.50 bits per heavy atom. The van der Waals surface area contributed by atoms with Crippen LogP contribution >= 0.6 is 0 Å². The average Bonchev–Trinajstić information content (AvgIpc) is 3.02. The van der Waals surface area contributed by atoms with Crippen LogP contribution in [0.25, 0.3) is 0 Å². The van der Waals surface area contributed by atoms with Gasteiger partial charge in [-0.25, -0.2) is 0 Å². The SMILES string of the molecule is c1cnc2c(c1)CN(CC1CO1)CC2. The van der Waals surface area contributed by atoms with Crippen LogP contribution in [0.5, 0.6) is 0 Å². The number of nitrogens with zero attached hydrogens (tertiary/aromatic N) is 2. The van der Waals surface area contributed by atoms with Crippen molar-refractivity contribution >= 4 is 0 Å². The molecule has 0 radical (unpaired) electrons. The van der Waals surface area contributed by atoms with Crippen molar-refractivity contribution in [3.8, 4) is 0 Å². The lowest BCUT2D eigenvalue weighted by molar-refractivity contribution is 0.224. The number of epoxide rings is 1. The molecule has 0 saturated carbocycles. The molecule has 2 aliphatic heterocycles. The molecule has 0 aliphatic carbocycles. The number of pyridine rings is 1. The van der Waals surface area contributed by atoms with E-state index in [9.17, 15) is 0 Å². The maximum atomic E-state index is 5.24. The molecule has 3 rings (SSSR count). The summed E-state index contributed by atoms with van der Waals surface area (Å²) in [6, 6.07) is 4.21. The highest BCUT2D eigenvalue weighted by molar-refractivity contribution is 5.22. The van der Waals surface area contributed by atoms with Crippen molar-refractivity contribution in [1.82, 2.24) is 9.88 Å². The molecular formula is C11H14N2O. The highest BCUT2D eigenvalue weighted by Crippen LogP contribution is 2.19. The third kappa shape index (κ3) is 1.65. The van der Waals surface area contributed by atoms with Crippen LogP contribution < -0.4 is 0 Å². The van der Waals surface area contributed by atoms with Crippen LogP contribution in [0.1, 0.15) is 11.3 Å². The van der Waals surface area contributed by atoms with Gasteiger partial charge in [-0.1, -0.05) is 6.07 Å². The second-order valence-corrected chi connectivity index (χ2v) is 4.05. The van der Waals surface area contributed by atoms with Gasteiger partial charge in [0.2, 0.25) is 0 Å². The van der Waals surface area contributed by atoms with Gasteiger partial charge in [-0.15, -0.1) is 0 Å². The molecule has 3 nitrogen and oxygen atoms in total. The molecule has 1 saturated heterocycles. The van der Waals surface area contributed by atoms with Gasteiger partial charge in [-0.05, 0) is 11.6 Å². The maximum Gasteiger partial charge on any atom is 0.0936 e. The van der Waals surface area contributed by atoms with Crippen LogP contribution in [0.4, 0.5) is 0 Å². The molecule has 3 heterocycles. The van der Waals surface area contributed by atoms with Crippen LogP contribution in [0.2, 0.25) is 0 Å². The van der Waals surface area contributed by atoms with Crippen LogP contribution in [0.15, 0.2) is 18.3 Å². The Kier molecular flexibility index (Phi) is 2.00. The first kappa shape index (κ1) is 8.38. The standard InChI is InChI=1S/C11H14N2O/c1-2-9-6-13(7-10-8-14-10)5-3-11(9)12-4-1/h1-2,4,10H,3,5-8H2. The van der Waals surface area contributed by atoms with E-state index in [1.54, 1.807) is 0 Å². The summed E-state index contributed by atoms with van der Waals surface area (Å²) in [5.41, 5.74) is 2.67. The van der Waals surface area contributed by atoms with Gasteiger partial charge < -0.3 is 4.74 Å². The zero-order valence-corrected chi connectivity index (χ0v) is 8.15. The van der Waals surface area contributed by atoms with Crippen molar-refractivity contribution < 1.29 is 4.74 Å². The first-order valence-electron chi connectivity index (χ1n) is 5.18. The van der Waals surface area contributed by atoms with Gasteiger partial charge in [0.25, 0.3) is 0 Å². The molecule has 2 aliphatic rings. The Balaban J connectivity index is 1.72. The molecule has 0 spiro atoms. The van der Waals surface area contributed by atoms with E-state index in [4.69, 9.17) is 4.74 Å². The lowest BCUT2D eigenvalue weighted by Crippen LogP contribution is -2.33. The van der Waals surface area contributed by atoms with E-state index < -0.39 is 0 Å². The summed E-state index contributed by atoms with van der Waals surface area (Å²) in [7, 11) is 0. The van der Waals surface area contributed by atoms with E-state index in [0.717, 1.165) is 32.7 Å². The van der Waals surface area contributed by atoms with Gasteiger partial charge in [0.1, 0.15) is 0 Å². The Morgan fingerprint density at radius 1 is 1.57 bits per heavy atom. The number of hydrogen-bond acceptors (Lipinski definition) is 3. The molecule has 1 unspecified atom stereocenters. The third-order valence-electron chi connectivity index (χ3n) is 2.91. The van der Waals surface area contributed by atoms with Crippen molar-refractivity contribution in [2.45, 2.75) is 19.1 Å². The van der Waals surface area contributed by atoms with Gasteiger partial charge in [-0.2, -0.15) is 0 Å². The van der Waals surface area contributed by atoms with Crippen molar-refractivity contribution in [3.63, 3.8) is 0 Å². The van der Waals surface area contributed by atoms with Crippen LogP contribution in [0.3, 0.4) is 0 Å². The zero-order chi connectivity index (χ0) is 9.38. The Hall–Kier alpha value is -0.930. The molecule has 0 bridgehead atoms. The molecular weight excluding hydrogens is 176 g/mol. The number of rotatable bonds is 2. The van der Waals surface area contributed by atoms with E-state index in [1.807, 2.05) is 12.3 Å². The number of hydrogen-bond donors (Lipinski definition) is 0. The number of fused-ring (bicyclic) bond motifs is 1. The molecule has 1 fully saturated rings. The van der Waals surface area contributed by atoms with Gasteiger partial charge in [0, 0.05) is 37.9 Å². The smallest absolute Gasteiger partial charge is 0.0936 e. The highest BCUT2D eigenvalue weighted by atomic mass is 16.6. The van der Waals surface area contributed by atoms with Crippen LogP contribution in [-0.4, -0.2) is 35.7 Å². The van der Waals surface area contributed by atoms with E-state index in [2.05, 4.69) is 16.0 Å². The fraction of sp³-hybridized carbons (Fsp3) is 0.545. The predicted octanol–water partition coefficient (Wildman–Crippen LogP) is 0.839. The van der Waals surface area contributed by atoms with Crippen molar-refractivity contribution in [1.29, 1.82) is 0 Å². The first-order chi connectivity index (χ1) is 6.92. The van der Waals surface area contributed by atoms with E-state index in [1.165, 1.54) is 11.3 Å². The second kappa shape index (κ2) is 3.33. The Morgan fingerprint density at radius 3 is 3.36 bits per heavy atom. The van der Waals surface area contributed by atoms with Crippen molar-refractivity contribution in [3.05, 3.63) is 29.6 Å². The molecule has 0 amide bonds. The van der Waals surface area contributed by atoms with E-state index in [-0.39, 0.29) is 0 Å². The molecule has 0 aromatic carbocycles. The van der Waals surface area contributed by atoms with Gasteiger partial charge >= 0.3 is 0 Å². The Labute approximate surface area is 83.7 Å². The highest BCUT2D eigenvalue weighted by Gasteiger charge is 2.27. The van der Waals surface area contributed by atoms with E-state index >= 15 is 0 Å². The van der Waals surface area contributed by atoms with Gasteiger partial charge in [0.05, 0.1) is 12.7 Å². The molecule has 1 atom stereocenters. The summed E-state index contributed by atoms with van der Waals surface area (Å²) in [4.78, 5) is 6.85. The summed E-state index contributed by atoms with van der Waals surface area (Å²) >= 11 is 0. The normalized spacial score (nSPS) is 25.9. The monoisotopic (exact) mass is 190 g/mol. The molecule has 14 heavy (non-hydrogen) atoms. The molecule has 74 valence electrons. The van der Waals surface area contributed by atoms with Gasteiger partial charge in [-0.3, -0.25) is 9.88 Å². The predicted molar refractivity (Wildman–Crippen MR) is 53.0 cm³/mol. The van der Waals surface area contributed by atoms with Crippen LogP contribution in [-0.2, 0) is 17.7 Å². The molecule has 3 heteroatoms. The minimum absolute atomic E-state index is 0.508. The summed E-state index contributed by atoms with van der Waals surface area (Å²) in [6.07, 6.45) is 3.48. The summed E-state index contributed by atoms with van der Waals surface area (Å²) in [5.74, 6) is 0. The summed E-state index contributed by atoms with van der Waals surface area (Å²) < 4.78 is 5.24.